The summed E-state index contributed by atoms with van der Waals surface area (Å²) in [6.07, 6.45) is 2.49. The van der Waals surface area contributed by atoms with Gasteiger partial charge in [-0.05, 0) is 35.7 Å². The van der Waals surface area contributed by atoms with Crippen molar-refractivity contribution in [2.75, 3.05) is 6.61 Å². The molecule has 126 valence electrons. The number of hydrogen-bond donors (Lipinski definition) is 3. The number of benzene rings is 1. The fourth-order valence-corrected chi connectivity index (χ4v) is 1.69. The number of rotatable bonds is 7. The molecule has 24 heavy (non-hydrogen) atoms. The van der Waals surface area contributed by atoms with Crippen LogP contribution in [0.4, 0.5) is 5.95 Å². The van der Waals surface area contributed by atoms with Gasteiger partial charge in [-0.1, -0.05) is 4.91 Å². The van der Waals surface area contributed by atoms with Crippen LogP contribution in [0.5, 0.6) is 11.5 Å². The Hall–Kier alpha value is -3.50. The topological polar surface area (TPSA) is 142 Å². The Bertz CT molecular complexity index is 772. The van der Waals surface area contributed by atoms with E-state index < -0.39 is 16.8 Å². The molecule has 2 aromatic rings. The molecule has 0 aliphatic carbocycles. The normalized spacial score (nSPS) is 10.7. The molecule has 1 amide bonds. The van der Waals surface area contributed by atoms with Crippen LogP contribution in [0.15, 0.2) is 29.6 Å². The highest BCUT2D eigenvalue weighted by Crippen LogP contribution is 2.26. The molecule has 0 saturated heterocycles. The number of carbonyl (C=O) groups excluding carboxylic acids is 1. The number of nitrogens with zero attached hydrogens (tertiary/aromatic N) is 5. The summed E-state index contributed by atoms with van der Waals surface area (Å²) < 4.78 is 6.30. The average Bonchev–Trinajstić information content (AvgIpc) is 2.99. The summed E-state index contributed by atoms with van der Waals surface area (Å²) in [6.45, 7) is 1.95. The van der Waals surface area contributed by atoms with E-state index in [-0.39, 0.29) is 12.3 Å². The van der Waals surface area contributed by atoms with Gasteiger partial charge >= 0.3 is 5.95 Å². The number of hydrazone groups is 1. The van der Waals surface area contributed by atoms with Gasteiger partial charge in [-0.25, -0.2) is 5.43 Å². The quantitative estimate of drug-likeness (QED) is 0.489. The number of phenols is 1. The molecule has 0 unspecified atom stereocenters. The summed E-state index contributed by atoms with van der Waals surface area (Å²) in [5, 5.41) is 25.5. The van der Waals surface area contributed by atoms with Crippen molar-refractivity contribution in [3.8, 4) is 11.5 Å². The first-order chi connectivity index (χ1) is 11.5. The van der Waals surface area contributed by atoms with Crippen LogP contribution in [0, 0.1) is 4.91 Å². The van der Waals surface area contributed by atoms with Crippen LogP contribution in [-0.4, -0.2) is 48.7 Å². The second kappa shape index (κ2) is 7.67. The van der Waals surface area contributed by atoms with E-state index in [9.17, 15) is 14.8 Å². The van der Waals surface area contributed by atoms with Crippen LogP contribution >= 0.6 is 0 Å². The zero-order chi connectivity index (χ0) is 17.5. The minimum atomic E-state index is -0.512. The van der Waals surface area contributed by atoms with Crippen molar-refractivity contribution in [2.24, 2.45) is 5.10 Å². The molecule has 0 aliphatic rings. The summed E-state index contributed by atoms with van der Waals surface area (Å²) in [7, 11) is 0. The van der Waals surface area contributed by atoms with Gasteiger partial charge in [0, 0.05) is 5.10 Å². The number of phenolic OH excluding ortho intramolecular Hbond substituents is 1. The number of amides is 1. The molecule has 1 aromatic carbocycles. The van der Waals surface area contributed by atoms with Crippen molar-refractivity contribution in [3.05, 3.63) is 35.0 Å². The average molecular weight is 335 g/mol. The summed E-state index contributed by atoms with van der Waals surface area (Å²) >= 11 is 0. The Balaban J connectivity index is 1.92. The van der Waals surface area contributed by atoms with Gasteiger partial charge < -0.3 is 15.1 Å². The molecule has 0 spiro atoms. The van der Waals surface area contributed by atoms with Crippen molar-refractivity contribution >= 4 is 18.1 Å². The Morgan fingerprint density at radius 2 is 2.33 bits per heavy atom. The smallest absolute Gasteiger partial charge is 0.504 e. The van der Waals surface area contributed by atoms with Crippen molar-refractivity contribution < 1.29 is 24.8 Å². The van der Waals surface area contributed by atoms with Crippen LogP contribution in [0.25, 0.3) is 0 Å². The van der Waals surface area contributed by atoms with E-state index in [1.807, 2.05) is 0 Å². The number of carbonyl (C=O) groups is 1. The van der Waals surface area contributed by atoms with Crippen LogP contribution in [0.1, 0.15) is 12.5 Å². The fraction of sp³-hybridized carbons (Fsp3) is 0.231. The molecule has 0 atom stereocenters. The van der Waals surface area contributed by atoms with Crippen molar-refractivity contribution in [2.45, 2.75) is 13.5 Å². The van der Waals surface area contributed by atoms with Gasteiger partial charge in [0.1, 0.15) is 6.54 Å². The molecular weight excluding hydrogens is 320 g/mol. The standard InChI is InChI=1S/C13H14N6O5/c1-2-24-11-5-9(3-4-10(11)20)6-15-16-12(21)7-18-8-14-13(17-18)19(22)23/h3-6,8H,2,7H2,1H3,(H2-,15,16,20,21,22,23)/p+1. The minimum absolute atomic E-state index is 0.0105. The summed E-state index contributed by atoms with van der Waals surface area (Å²) in [6, 6.07) is 4.62. The van der Waals surface area contributed by atoms with Crippen molar-refractivity contribution in [1.82, 2.24) is 20.2 Å². The van der Waals surface area contributed by atoms with Crippen molar-refractivity contribution in [1.29, 1.82) is 0 Å². The molecule has 0 radical (unpaired) electrons. The summed E-state index contributed by atoms with van der Waals surface area (Å²) in [4.78, 5) is 25.2. The van der Waals surface area contributed by atoms with Crippen LogP contribution < -0.4 is 10.2 Å². The number of nitrogens with one attached hydrogen (secondary N) is 1. The molecular formula is C13H15N6O5+. The highest BCUT2D eigenvalue weighted by Gasteiger charge is 2.19. The first kappa shape index (κ1) is 16.9. The highest BCUT2D eigenvalue weighted by molar-refractivity contribution is 5.83. The molecule has 2 rings (SSSR count). The van der Waals surface area contributed by atoms with Crippen molar-refractivity contribution in [3.63, 3.8) is 0 Å². The zero-order valence-electron chi connectivity index (χ0n) is 12.7. The summed E-state index contributed by atoms with van der Waals surface area (Å²) in [5.74, 6) is -0.661. The van der Waals surface area contributed by atoms with E-state index in [1.165, 1.54) is 12.3 Å². The van der Waals surface area contributed by atoms with Gasteiger partial charge in [-0.3, -0.25) is 4.79 Å². The van der Waals surface area contributed by atoms with Gasteiger partial charge in [0.2, 0.25) is 6.33 Å². The van der Waals surface area contributed by atoms with E-state index in [0.717, 1.165) is 11.0 Å². The first-order valence-corrected chi connectivity index (χ1v) is 6.83. The predicted octanol–water partition coefficient (Wildman–Crippen LogP) is 0.332. The molecule has 0 fully saturated rings. The molecule has 11 heteroatoms. The Kier molecular flexibility index (Phi) is 5.39. The molecule has 11 nitrogen and oxygen atoms in total. The maximum atomic E-state index is 11.7. The minimum Gasteiger partial charge on any atom is -0.504 e. The second-order valence-electron chi connectivity index (χ2n) is 4.47. The number of aromatic hydroxyl groups is 1. The van der Waals surface area contributed by atoms with Gasteiger partial charge in [0.25, 0.3) is 5.91 Å². The molecule has 0 aliphatic heterocycles. The maximum absolute atomic E-state index is 11.7. The SMILES string of the molecule is CCOc1cc(/C=N/NC(=O)Cn2cnc([N+](=O)O)n2)ccc1O. The molecule has 0 bridgehead atoms. The van der Waals surface area contributed by atoms with Gasteiger partial charge in [0.15, 0.2) is 16.4 Å². The van der Waals surface area contributed by atoms with Gasteiger partial charge in [-0.15, -0.1) is 0 Å². The third-order valence-corrected chi connectivity index (χ3v) is 2.69. The van der Waals surface area contributed by atoms with Gasteiger partial charge in [0.05, 0.1) is 12.8 Å². The third kappa shape index (κ3) is 4.50. The largest absolute Gasteiger partial charge is 0.531 e. The van der Waals surface area contributed by atoms with Gasteiger partial charge in [-0.2, -0.15) is 9.78 Å². The lowest BCUT2D eigenvalue weighted by Gasteiger charge is -2.05. The monoisotopic (exact) mass is 335 g/mol. The predicted molar refractivity (Wildman–Crippen MR) is 80.1 cm³/mol. The number of ether oxygens (including phenoxy) is 1. The lowest BCUT2D eigenvalue weighted by atomic mass is 10.2. The fourth-order valence-electron chi connectivity index (χ4n) is 1.69. The lowest BCUT2D eigenvalue weighted by molar-refractivity contribution is -0.734. The molecule has 1 heterocycles. The van der Waals surface area contributed by atoms with E-state index in [4.69, 9.17) is 9.94 Å². The number of hydrogen-bond acceptors (Lipinski definition) is 7. The maximum Gasteiger partial charge on any atom is 0.531 e. The van der Waals surface area contributed by atoms with E-state index >= 15 is 0 Å². The number of aromatic nitrogens is 3. The Morgan fingerprint density at radius 1 is 1.54 bits per heavy atom. The van der Waals surface area contributed by atoms with Crippen LogP contribution in [-0.2, 0) is 11.3 Å². The highest BCUT2D eigenvalue weighted by atomic mass is 16.6. The lowest BCUT2D eigenvalue weighted by Crippen LogP contribution is -2.23. The molecule has 3 N–H and O–H groups in total. The molecule has 0 saturated carbocycles. The van der Waals surface area contributed by atoms with Crippen LogP contribution in [0.3, 0.4) is 0 Å². The Morgan fingerprint density at radius 3 is 3.00 bits per heavy atom. The Labute approximate surface area is 135 Å². The summed E-state index contributed by atoms with van der Waals surface area (Å²) in [5.41, 5.74) is 2.88. The van der Waals surface area contributed by atoms with Crippen LogP contribution in [0.2, 0.25) is 0 Å². The molecule has 1 aromatic heterocycles. The second-order valence-corrected chi connectivity index (χ2v) is 4.47. The van der Waals surface area contributed by atoms with E-state index in [2.05, 4.69) is 20.6 Å². The van der Waals surface area contributed by atoms with E-state index in [0.29, 0.717) is 17.9 Å². The zero-order valence-corrected chi connectivity index (χ0v) is 12.7. The van der Waals surface area contributed by atoms with E-state index in [1.54, 1.807) is 19.1 Å². The first-order valence-electron chi connectivity index (χ1n) is 6.83. The third-order valence-electron chi connectivity index (χ3n) is 2.69.